The first-order valence-electron chi connectivity index (χ1n) is 9.29. The van der Waals surface area contributed by atoms with Crippen molar-refractivity contribution >= 4 is 11.8 Å². The summed E-state index contributed by atoms with van der Waals surface area (Å²) in [6, 6.07) is 9.69. The standard InChI is InChI=1S/C20H28N2O3/c1-15(2)22-11-9-17-13-21(10-8-16(17)12-19(22)23)20(24)14-25-18-6-4-3-5-7-18/h3-7,15-17H,8-14H2,1-2H3/t16-,17-/m0/s1. The molecule has 2 amide bonds. The van der Waals surface area contributed by atoms with Gasteiger partial charge in [-0.25, -0.2) is 0 Å². The lowest BCUT2D eigenvalue weighted by atomic mass is 9.82. The van der Waals surface area contributed by atoms with Crippen LogP contribution in [0.5, 0.6) is 5.75 Å². The maximum Gasteiger partial charge on any atom is 0.260 e. The first kappa shape index (κ1) is 17.8. The van der Waals surface area contributed by atoms with E-state index in [1.165, 1.54) is 0 Å². The SMILES string of the molecule is CC(C)N1CC[C@H]2CN(C(=O)COc3ccccc3)CC[C@H]2CC1=O. The second-order valence-electron chi connectivity index (χ2n) is 7.42. The zero-order valence-corrected chi connectivity index (χ0v) is 15.2. The van der Waals surface area contributed by atoms with Gasteiger partial charge in [0.2, 0.25) is 5.91 Å². The monoisotopic (exact) mass is 344 g/mol. The number of carbonyl (C=O) groups is 2. The minimum absolute atomic E-state index is 0.0404. The van der Waals surface area contributed by atoms with Gasteiger partial charge >= 0.3 is 0 Å². The Kier molecular flexibility index (Phi) is 5.61. The fourth-order valence-electron chi connectivity index (χ4n) is 3.97. The normalized spacial score (nSPS) is 24.0. The first-order valence-corrected chi connectivity index (χ1v) is 9.29. The smallest absolute Gasteiger partial charge is 0.260 e. The van der Waals surface area contributed by atoms with E-state index in [1.807, 2.05) is 40.1 Å². The number of nitrogens with zero attached hydrogens (tertiary/aromatic N) is 2. The lowest BCUT2D eigenvalue weighted by Crippen LogP contribution is -2.45. The van der Waals surface area contributed by atoms with Gasteiger partial charge in [-0.05, 0) is 50.7 Å². The maximum absolute atomic E-state index is 12.5. The summed E-state index contributed by atoms with van der Waals surface area (Å²) in [5.74, 6) is 1.86. The first-order chi connectivity index (χ1) is 12.0. The van der Waals surface area contributed by atoms with Crippen LogP contribution in [-0.2, 0) is 9.59 Å². The van der Waals surface area contributed by atoms with Crippen molar-refractivity contribution < 1.29 is 14.3 Å². The summed E-state index contributed by atoms with van der Waals surface area (Å²) in [4.78, 5) is 28.8. The topological polar surface area (TPSA) is 49.9 Å². The summed E-state index contributed by atoms with van der Waals surface area (Å²) in [6.45, 7) is 6.51. The summed E-state index contributed by atoms with van der Waals surface area (Å²) < 4.78 is 5.59. The number of hydrogen-bond acceptors (Lipinski definition) is 3. The highest BCUT2D eigenvalue weighted by atomic mass is 16.5. The molecular formula is C20H28N2O3. The van der Waals surface area contributed by atoms with Crippen LogP contribution in [0.25, 0.3) is 0 Å². The summed E-state index contributed by atoms with van der Waals surface area (Å²) in [5, 5.41) is 0. The summed E-state index contributed by atoms with van der Waals surface area (Å²) in [6.07, 6.45) is 2.53. The molecule has 0 unspecified atom stereocenters. The van der Waals surface area contributed by atoms with Crippen molar-refractivity contribution in [3.05, 3.63) is 30.3 Å². The molecule has 2 aliphatic rings. The van der Waals surface area contributed by atoms with Crippen LogP contribution in [0, 0.1) is 11.8 Å². The molecule has 0 saturated carbocycles. The molecule has 136 valence electrons. The third-order valence-corrected chi connectivity index (χ3v) is 5.47. The number of para-hydroxylation sites is 1. The average Bonchev–Trinajstić information content (AvgIpc) is 2.78. The molecule has 5 nitrogen and oxygen atoms in total. The van der Waals surface area contributed by atoms with Crippen molar-refractivity contribution in [2.75, 3.05) is 26.2 Å². The molecule has 0 N–H and O–H groups in total. The van der Waals surface area contributed by atoms with E-state index < -0.39 is 0 Å². The Morgan fingerprint density at radius 3 is 2.60 bits per heavy atom. The van der Waals surface area contributed by atoms with Gasteiger partial charge in [-0.15, -0.1) is 0 Å². The predicted octanol–water partition coefficient (Wildman–Crippen LogP) is 2.56. The molecule has 5 heteroatoms. The largest absolute Gasteiger partial charge is 0.484 e. The molecule has 0 aliphatic carbocycles. The van der Waals surface area contributed by atoms with E-state index in [4.69, 9.17) is 4.74 Å². The van der Waals surface area contributed by atoms with Crippen LogP contribution in [-0.4, -0.2) is 53.9 Å². The Hall–Kier alpha value is -2.04. The molecule has 2 fully saturated rings. The van der Waals surface area contributed by atoms with Crippen molar-refractivity contribution in [1.82, 2.24) is 9.80 Å². The number of hydrogen-bond donors (Lipinski definition) is 0. The molecule has 3 rings (SSSR count). The lowest BCUT2D eigenvalue weighted by molar-refractivity contribution is -0.136. The molecule has 0 aromatic heterocycles. The molecule has 2 atom stereocenters. The van der Waals surface area contributed by atoms with Gasteiger partial charge in [0.1, 0.15) is 5.75 Å². The number of rotatable bonds is 4. The van der Waals surface area contributed by atoms with Crippen LogP contribution in [0.3, 0.4) is 0 Å². The zero-order valence-electron chi connectivity index (χ0n) is 15.2. The molecule has 2 aliphatic heterocycles. The van der Waals surface area contributed by atoms with Crippen LogP contribution in [0.15, 0.2) is 30.3 Å². The van der Waals surface area contributed by atoms with Gasteiger partial charge in [0, 0.05) is 32.1 Å². The van der Waals surface area contributed by atoms with E-state index in [-0.39, 0.29) is 24.5 Å². The third kappa shape index (κ3) is 4.33. The van der Waals surface area contributed by atoms with Crippen molar-refractivity contribution in [2.45, 2.75) is 39.2 Å². The van der Waals surface area contributed by atoms with E-state index in [1.54, 1.807) is 0 Å². The number of fused-ring (bicyclic) bond motifs is 1. The quantitative estimate of drug-likeness (QED) is 0.843. The Bertz CT molecular complexity index is 602. The average molecular weight is 344 g/mol. The highest BCUT2D eigenvalue weighted by Gasteiger charge is 2.36. The van der Waals surface area contributed by atoms with Crippen LogP contribution >= 0.6 is 0 Å². The van der Waals surface area contributed by atoms with Gasteiger partial charge in [-0.3, -0.25) is 9.59 Å². The number of likely N-dealkylation sites (tertiary alicyclic amines) is 2. The zero-order chi connectivity index (χ0) is 17.8. The Morgan fingerprint density at radius 2 is 1.88 bits per heavy atom. The van der Waals surface area contributed by atoms with Crippen molar-refractivity contribution in [2.24, 2.45) is 11.8 Å². The number of amides is 2. The highest BCUT2D eigenvalue weighted by molar-refractivity contribution is 5.78. The van der Waals surface area contributed by atoms with Gasteiger partial charge in [0.25, 0.3) is 5.91 Å². The molecule has 0 bridgehead atoms. The van der Waals surface area contributed by atoms with E-state index in [2.05, 4.69) is 13.8 Å². The molecule has 0 spiro atoms. The van der Waals surface area contributed by atoms with E-state index >= 15 is 0 Å². The van der Waals surface area contributed by atoms with Crippen molar-refractivity contribution in [3.8, 4) is 5.75 Å². The molecule has 1 aromatic rings. The van der Waals surface area contributed by atoms with Gasteiger partial charge in [-0.1, -0.05) is 18.2 Å². The van der Waals surface area contributed by atoms with E-state index in [0.717, 1.165) is 38.2 Å². The van der Waals surface area contributed by atoms with Crippen molar-refractivity contribution in [1.29, 1.82) is 0 Å². The minimum atomic E-state index is 0.0404. The fourth-order valence-corrected chi connectivity index (χ4v) is 3.97. The molecule has 25 heavy (non-hydrogen) atoms. The predicted molar refractivity (Wildman–Crippen MR) is 96.2 cm³/mol. The Balaban J connectivity index is 1.55. The summed E-state index contributed by atoms with van der Waals surface area (Å²) in [7, 11) is 0. The second-order valence-corrected chi connectivity index (χ2v) is 7.42. The number of ether oxygens (including phenoxy) is 1. The Morgan fingerprint density at radius 1 is 1.16 bits per heavy atom. The second kappa shape index (κ2) is 7.89. The van der Waals surface area contributed by atoms with Gasteiger partial charge < -0.3 is 14.5 Å². The third-order valence-electron chi connectivity index (χ3n) is 5.47. The van der Waals surface area contributed by atoms with Gasteiger partial charge in [0.05, 0.1) is 0 Å². The molecule has 0 radical (unpaired) electrons. The van der Waals surface area contributed by atoms with Crippen LogP contribution in [0.1, 0.15) is 33.1 Å². The lowest BCUT2D eigenvalue weighted by Gasteiger charge is -2.37. The summed E-state index contributed by atoms with van der Waals surface area (Å²) in [5.41, 5.74) is 0. The Labute approximate surface area is 149 Å². The molecule has 2 heterocycles. The minimum Gasteiger partial charge on any atom is -0.484 e. The maximum atomic E-state index is 12.5. The van der Waals surface area contributed by atoms with E-state index in [9.17, 15) is 9.59 Å². The molecular weight excluding hydrogens is 316 g/mol. The van der Waals surface area contributed by atoms with Gasteiger partial charge in [-0.2, -0.15) is 0 Å². The molecule has 1 aromatic carbocycles. The fraction of sp³-hybridized carbons (Fsp3) is 0.600. The van der Waals surface area contributed by atoms with E-state index in [0.29, 0.717) is 18.3 Å². The van der Waals surface area contributed by atoms with Gasteiger partial charge in [0.15, 0.2) is 6.61 Å². The van der Waals surface area contributed by atoms with Crippen LogP contribution < -0.4 is 4.74 Å². The number of benzene rings is 1. The number of piperidine rings is 1. The van der Waals surface area contributed by atoms with Crippen molar-refractivity contribution in [3.63, 3.8) is 0 Å². The molecule has 2 saturated heterocycles. The van der Waals surface area contributed by atoms with Crippen LogP contribution in [0.2, 0.25) is 0 Å². The number of carbonyl (C=O) groups excluding carboxylic acids is 2. The highest BCUT2D eigenvalue weighted by Crippen LogP contribution is 2.33. The summed E-state index contributed by atoms with van der Waals surface area (Å²) >= 11 is 0. The van der Waals surface area contributed by atoms with Crippen LogP contribution in [0.4, 0.5) is 0 Å².